The molecule has 1 unspecified atom stereocenters. The fraction of sp³-hybridized carbons (Fsp3) is 0.811. The Hall–Kier alpha value is -1.33. The van der Waals surface area contributed by atoms with Crippen LogP contribution in [0.3, 0.4) is 0 Å². The van der Waals surface area contributed by atoms with E-state index >= 15 is 0 Å². The third-order valence-corrected chi connectivity index (χ3v) is 27.2. The number of hydrogen-bond donors (Lipinski definition) is 1. The predicted octanol–water partition coefficient (Wildman–Crippen LogP) is 10.6. The zero-order valence-electron chi connectivity index (χ0n) is 45.9. The molecule has 1 aromatic rings. The second-order valence-electron chi connectivity index (χ2n) is 24.5. The SMILES string of the molecule is C=C1C[C@H](CCC2OCC(C)(C)CO2)O[C@H]1CC[C@H](C[C@H](C)C(=C)[C@H](O)C[C@@H]1O[C@H](CC(CO[Si](C)(C)C(C)(C)C)O[Si](C)(C)C(C)(C)C)[C@H](OC)[C@H]1CS(=O)(=O)c1ccc(CC)cc1)OS(C)(=O)=O. The van der Waals surface area contributed by atoms with E-state index in [1.54, 1.807) is 19.2 Å². The molecule has 0 saturated carbocycles. The lowest BCUT2D eigenvalue weighted by Crippen LogP contribution is -2.49. The summed E-state index contributed by atoms with van der Waals surface area (Å²) in [5.41, 5.74) is 2.46. The van der Waals surface area contributed by atoms with E-state index in [9.17, 15) is 21.9 Å². The second-order valence-corrected chi connectivity index (χ2v) is 37.7. The predicted molar refractivity (Wildman–Crippen MR) is 284 cm³/mol. The summed E-state index contributed by atoms with van der Waals surface area (Å²) in [6.45, 7) is 40.5. The van der Waals surface area contributed by atoms with E-state index in [1.165, 1.54) is 0 Å². The Balaban J connectivity index is 1.53. The molecule has 13 nitrogen and oxygen atoms in total. The van der Waals surface area contributed by atoms with Gasteiger partial charge >= 0.3 is 0 Å². The third kappa shape index (κ3) is 17.6. The Morgan fingerprint density at radius 1 is 0.886 bits per heavy atom. The van der Waals surface area contributed by atoms with Crippen molar-refractivity contribution >= 4 is 36.6 Å². The Morgan fingerprint density at radius 2 is 1.49 bits per heavy atom. The summed E-state index contributed by atoms with van der Waals surface area (Å²) in [5.74, 6) is -1.30. The highest BCUT2D eigenvalue weighted by atomic mass is 32.2. The van der Waals surface area contributed by atoms with Gasteiger partial charge in [0.1, 0.15) is 0 Å². The Labute approximate surface area is 426 Å². The maximum atomic E-state index is 14.3. The zero-order valence-corrected chi connectivity index (χ0v) is 49.6. The molecule has 0 aliphatic carbocycles. The highest BCUT2D eigenvalue weighted by Crippen LogP contribution is 2.43. The zero-order chi connectivity index (χ0) is 52.8. The van der Waals surface area contributed by atoms with Gasteiger partial charge in [0, 0.05) is 37.7 Å². The largest absolute Gasteiger partial charge is 0.414 e. The van der Waals surface area contributed by atoms with Crippen molar-refractivity contribution < 1.29 is 58.7 Å². The molecule has 0 bridgehead atoms. The average Bonchev–Trinajstić information content (AvgIpc) is 3.75. The molecule has 4 rings (SSSR count). The van der Waals surface area contributed by atoms with Gasteiger partial charge in [0.05, 0.1) is 85.6 Å². The summed E-state index contributed by atoms with van der Waals surface area (Å²) < 4.78 is 105. The standard InChI is InChI=1S/C53H94O13S2Si2/c1-19-39-20-24-43(25-21-39)68(57,58)33-44-47(64-48(50(44)59-13)30-42(66-70(17,18)52(8,9)10)32-62-69(15,16)51(5,6)7)31-45(54)38(4)36(2)28-41(65-67(14,55)56)22-26-46-37(3)29-40(63-46)23-27-49-60-34-53(11,12)35-61-49/h20-21,24-25,36,40-42,44-50,54H,3-4,19,22-23,26-35H2,1-2,5-18H3/t36-,40-,41+,42?,44-,45+,46-,47-,48+,50+/m0/s1. The molecule has 3 saturated heterocycles. The fourth-order valence-corrected chi connectivity index (χ4v) is 13.8. The number of benzene rings is 1. The van der Waals surface area contributed by atoms with Crippen LogP contribution < -0.4 is 0 Å². The number of hydrogen-bond acceptors (Lipinski definition) is 13. The van der Waals surface area contributed by atoms with Gasteiger partial charge in [0.2, 0.25) is 0 Å². The van der Waals surface area contributed by atoms with Crippen LogP contribution in [0.15, 0.2) is 53.5 Å². The molecule has 17 heteroatoms. The van der Waals surface area contributed by atoms with Crippen molar-refractivity contribution in [2.75, 3.05) is 38.9 Å². The first-order chi connectivity index (χ1) is 32.1. The van der Waals surface area contributed by atoms with Gasteiger partial charge in [-0.15, -0.1) is 0 Å². The Morgan fingerprint density at radius 3 is 2.03 bits per heavy atom. The molecule has 1 aromatic carbocycles. The monoisotopic (exact) mass is 1060 g/mol. The number of sulfone groups is 1. The molecule has 3 aliphatic heterocycles. The number of methoxy groups -OCH3 is 1. The van der Waals surface area contributed by atoms with Gasteiger partial charge in [-0.2, -0.15) is 8.42 Å². The summed E-state index contributed by atoms with van der Waals surface area (Å²) in [4.78, 5) is 0.217. The van der Waals surface area contributed by atoms with E-state index in [1.807, 2.05) is 26.0 Å². The maximum Gasteiger partial charge on any atom is 0.264 e. The molecule has 10 atom stereocenters. The minimum atomic E-state index is -3.84. The maximum absolute atomic E-state index is 14.3. The van der Waals surface area contributed by atoms with Crippen LogP contribution in [0.1, 0.15) is 126 Å². The van der Waals surface area contributed by atoms with Crippen LogP contribution in [0.5, 0.6) is 0 Å². The minimum Gasteiger partial charge on any atom is -0.414 e. The highest BCUT2D eigenvalue weighted by molar-refractivity contribution is 7.91. The Bertz CT molecular complexity index is 2070. The number of ether oxygens (including phenoxy) is 5. The molecule has 70 heavy (non-hydrogen) atoms. The second kappa shape index (κ2) is 24.6. The van der Waals surface area contributed by atoms with Crippen LogP contribution in [0.4, 0.5) is 0 Å². The molecule has 3 fully saturated rings. The number of rotatable bonds is 26. The van der Waals surface area contributed by atoms with E-state index in [4.69, 9.17) is 36.7 Å². The average molecular weight is 1060 g/mol. The van der Waals surface area contributed by atoms with Gasteiger partial charge in [0.25, 0.3) is 10.1 Å². The molecule has 3 heterocycles. The minimum absolute atomic E-state index is 0.00368. The van der Waals surface area contributed by atoms with Crippen LogP contribution in [0.25, 0.3) is 0 Å². The lowest BCUT2D eigenvalue weighted by Gasteiger charge is -2.42. The molecular weight excluding hydrogens is 965 g/mol. The lowest BCUT2D eigenvalue weighted by molar-refractivity contribution is -0.225. The van der Waals surface area contributed by atoms with E-state index in [2.05, 4.69) is 94.7 Å². The van der Waals surface area contributed by atoms with Gasteiger partial charge in [0.15, 0.2) is 32.8 Å². The summed E-state index contributed by atoms with van der Waals surface area (Å²) >= 11 is 0. The van der Waals surface area contributed by atoms with Crippen molar-refractivity contribution in [2.45, 2.75) is 223 Å². The number of aliphatic hydroxyl groups excluding tert-OH is 1. The van der Waals surface area contributed by atoms with Gasteiger partial charge in [-0.1, -0.05) is 94.5 Å². The summed E-state index contributed by atoms with van der Waals surface area (Å²) in [6.07, 6.45) is 0.879. The highest BCUT2D eigenvalue weighted by Gasteiger charge is 2.50. The smallest absolute Gasteiger partial charge is 0.264 e. The lowest BCUT2D eigenvalue weighted by atomic mass is 9.86. The van der Waals surface area contributed by atoms with Gasteiger partial charge < -0.3 is 37.6 Å². The molecule has 3 aliphatic rings. The Kier molecular flexibility index (Phi) is 21.5. The molecule has 1 N–H and O–H groups in total. The molecule has 0 radical (unpaired) electrons. The van der Waals surface area contributed by atoms with Crippen LogP contribution in [0.2, 0.25) is 36.3 Å². The van der Waals surface area contributed by atoms with Crippen molar-refractivity contribution in [1.29, 1.82) is 0 Å². The third-order valence-electron chi connectivity index (χ3n) is 15.7. The van der Waals surface area contributed by atoms with Crippen molar-refractivity contribution in [2.24, 2.45) is 17.3 Å². The van der Waals surface area contributed by atoms with Crippen LogP contribution >= 0.6 is 0 Å². The summed E-state index contributed by atoms with van der Waals surface area (Å²) in [7, 11) is -10.6. The fourth-order valence-electron chi connectivity index (χ4n) is 9.14. The first-order valence-corrected chi connectivity index (χ1v) is 35.0. The molecule has 0 aromatic heterocycles. The van der Waals surface area contributed by atoms with Crippen LogP contribution in [0, 0.1) is 17.3 Å². The van der Waals surface area contributed by atoms with E-state index < -0.39 is 73.0 Å². The molecule has 404 valence electrons. The first kappa shape index (κ1) is 61.2. The first-order valence-electron chi connectivity index (χ1n) is 25.7. The van der Waals surface area contributed by atoms with E-state index in [0.29, 0.717) is 57.5 Å². The molecular formula is C53H94O13S2Si2. The molecule has 0 amide bonds. The topological polar surface area (TPSA) is 162 Å². The quantitative estimate of drug-likeness (QED) is 0.0530. The van der Waals surface area contributed by atoms with E-state index in [0.717, 1.165) is 30.2 Å². The van der Waals surface area contributed by atoms with Crippen molar-refractivity contribution in [1.82, 2.24) is 0 Å². The normalized spacial score (nSPS) is 26.0. The number of aryl methyl sites for hydroxylation is 1. The van der Waals surface area contributed by atoms with Crippen LogP contribution in [-0.4, -0.2) is 133 Å². The van der Waals surface area contributed by atoms with Gasteiger partial charge in [-0.3, -0.25) is 4.18 Å². The van der Waals surface area contributed by atoms with Crippen molar-refractivity contribution in [3.8, 4) is 0 Å². The van der Waals surface area contributed by atoms with E-state index in [-0.39, 0.29) is 69.5 Å². The van der Waals surface area contributed by atoms with Crippen molar-refractivity contribution in [3.63, 3.8) is 0 Å². The molecule has 0 spiro atoms. The summed E-state index contributed by atoms with van der Waals surface area (Å²) in [5, 5.41) is 11.9. The van der Waals surface area contributed by atoms with Crippen LogP contribution in [-0.2, 0) is 63.1 Å². The van der Waals surface area contributed by atoms with Gasteiger partial charge in [-0.05, 0) is 110 Å². The number of aliphatic hydroxyl groups is 1. The summed E-state index contributed by atoms with van der Waals surface area (Å²) in [6, 6.07) is 6.99. The van der Waals surface area contributed by atoms with Crippen molar-refractivity contribution in [3.05, 3.63) is 54.1 Å². The van der Waals surface area contributed by atoms with Gasteiger partial charge in [-0.25, -0.2) is 8.42 Å².